The molecule has 1 aromatic rings. The van der Waals surface area contributed by atoms with E-state index in [9.17, 15) is 9.90 Å². The minimum atomic E-state index is 0.0658. The van der Waals surface area contributed by atoms with Gasteiger partial charge in [0.05, 0.1) is 5.75 Å². The highest BCUT2D eigenvalue weighted by atomic mass is 32.2. The van der Waals surface area contributed by atoms with Gasteiger partial charge in [-0.25, -0.2) is 0 Å². The molecule has 0 saturated carbocycles. The van der Waals surface area contributed by atoms with Gasteiger partial charge in [-0.15, -0.1) is 0 Å². The topological polar surface area (TPSA) is 37.3 Å². The first-order chi connectivity index (χ1) is 7.09. The SMILES string of the molecule is CC(=O)SCC#Cc1ccc(C)c(O)c1. The third kappa shape index (κ3) is 4.09. The van der Waals surface area contributed by atoms with Gasteiger partial charge in [0.1, 0.15) is 5.75 Å². The van der Waals surface area contributed by atoms with Crippen molar-refractivity contribution in [2.24, 2.45) is 0 Å². The molecule has 0 fully saturated rings. The van der Waals surface area contributed by atoms with Crippen LogP contribution in [0.5, 0.6) is 5.75 Å². The number of carbonyl (C=O) groups is 1. The second-order valence-corrected chi connectivity index (χ2v) is 4.24. The molecule has 0 atom stereocenters. The molecule has 2 nitrogen and oxygen atoms in total. The number of aryl methyl sites for hydroxylation is 1. The van der Waals surface area contributed by atoms with E-state index in [4.69, 9.17) is 0 Å². The fraction of sp³-hybridized carbons (Fsp3) is 0.250. The highest BCUT2D eigenvalue weighted by Gasteiger charge is 1.95. The molecule has 0 saturated heterocycles. The normalized spacial score (nSPS) is 9.20. The first-order valence-electron chi connectivity index (χ1n) is 4.51. The molecule has 3 heteroatoms. The van der Waals surface area contributed by atoms with Crippen molar-refractivity contribution in [3.8, 4) is 17.6 Å². The molecule has 0 amide bonds. The van der Waals surface area contributed by atoms with Crippen LogP contribution in [0.25, 0.3) is 0 Å². The lowest BCUT2D eigenvalue weighted by Gasteiger charge is -1.97. The van der Waals surface area contributed by atoms with Crippen LogP contribution in [-0.2, 0) is 4.79 Å². The van der Waals surface area contributed by atoms with E-state index in [1.54, 1.807) is 6.07 Å². The number of carbonyl (C=O) groups excluding carboxylic acids is 1. The number of rotatable bonds is 1. The Kier molecular flexibility index (Phi) is 4.26. The minimum absolute atomic E-state index is 0.0658. The number of aromatic hydroxyl groups is 1. The third-order valence-corrected chi connectivity index (χ3v) is 2.48. The van der Waals surface area contributed by atoms with Gasteiger partial charge in [-0.05, 0) is 24.6 Å². The minimum Gasteiger partial charge on any atom is -0.508 e. The van der Waals surface area contributed by atoms with Gasteiger partial charge >= 0.3 is 0 Å². The van der Waals surface area contributed by atoms with Gasteiger partial charge in [-0.3, -0.25) is 4.79 Å². The summed E-state index contributed by atoms with van der Waals surface area (Å²) in [5, 5.41) is 9.48. The van der Waals surface area contributed by atoms with Crippen molar-refractivity contribution < 1.29 is 9.90 Å². The lowest BCUT2D eigenvalue weighted by molar-refractivity contribution is -0.109. The molecule has 1 N–H and O–H groups in total. The number of phenols is 1. The van der Waals surface area contributed by atoms with E-state index in [0.29, 0.717) is 5.75 Å². The lowest BCUT2D eigenvalue weighted by atomic mass is 10.1. The zero-order valence-electron chi connectivity index (χ0n) is 8.70. The Morgan fingerprint density at radius 1 is 1.53 bits per heavy atom. The van der Waals surface area contributed by atoms with Crippen molar-refractivity contribution in [3.63, 3.8) is 0 Å². The Bertz CT molecular complexity index is 427. The fourth-order valence-corrected chi connectivity index (χ4v) is 1.31. The summed E-state index contributed by atoms with van der Waals surface area (Å²) in [6.45, 7) is 3.35. The number of hydrogen-bond acceptors (Lipinski definition) is 3. The Morgan fingerprint density at radius 2 is 2.27 bits per heavy atom. The maximum absolute atomic E-state index is 10.6. The summed E-state index contributed by atoms with van der Waals surface area (Å²) in [4.78, 5) is 10.6. The number of thioether (sulfide) groups is 1. The quantitative estimate of drug-likeness (QED) is 0.738. The van der Waals surface area contributed by atoms with Crippen molar-refractivity contribution in [2.75, 3.05) is 5.75 Å². The summed E-state index contributed by atoms with van der Waals surface area (Å²) in [6.07, 6.45) is 0. The van der Waals surface area contributed by atoms with E-state index in [2.05, 4.69) is 11.8 Å². The number of benzene rings is 1. The molecule has 78 valence electrons. The van der Waals surface area contributed by atoms with E-state index < -0.39 is 0 Å². The van der Waals surface area contributed by atoms with Crippen molar-refractivity contribution in [1.82, 2.24) is 0 Å². The fourth-order valence-electron chi connectivity index (χ4n) is 0.963. The summed E-state index contributed by atoms with van der Waals surface area (Å²) in [5.41, 5.74) is 1.60. The Labute approximate surface area is 93.7 Å². The van der Waals surface area contributed by atoms with Crippen molar-refractivity contribution in [3.05, 3.63) is 29.3 Å². The van der Waals surface area contributed by atoms with Crippen LogP contribution in [0.2, 0.25) is 0 Å². The maximum atomic E-state index is 10.6. The maximum Gasteiger partial charge on any atom is 0.186 e. The monoisotopic (exact) mass is 220 g/mol. The molecule has 1 rings (SSSR count). The molecule has 0 unspecified atom stereocenters. The first-order valence-corrected chi connectivity index (χ1v) is 5.50. The molecule has 0 aliphatic heterocycles. The largest absolute Gasteiger partial charge is 0.508 e. The second-order valence-electron chi connectivity index (χ2n) is 3.08. The highest BCUT2D eigenvalue weighted by Crippen LogP contribution is 2.16. The van der Waals surface area contributed by atoms with Gasteiger partial charge in [0.15, 0.2) is 5.12 Å². The summed E-state index contributed by atoms with van der Waals surface area (Å²) >= 11 is 1.18. The zero-order chi connectivity index (χ0) is 11.3. The second kappa shape index (κ2) is 5.47. The lowest BCUT2D eigenvalue weighted by Crippen LogP contribution is -1.83. The van der Waals surface area contributed by atoms with Crippen LogP contribution in [0.4, 0.5) is 0 Å². The average Bonchev–Trinajstić information content (AvgIpc) is 2.18. The summed E-state index contributed by atoms with van der Waals surface area (Å²) in [7, 11) is 0. The zero-order valence-corrected chi connectivity index (χ0v) is 9.52. The van der Waals surface area contributed by atoms with E-state index in [0.717, 1.165) is 11.1 Å². The Hall–Kier alpha value is -1.40. The predicted octanol–water partition coefficient (Wildman–Crippen LogP) is 2.33. The molecular weight excluding hydrogens is 208 g/mol. The van der Waals surface area contributed by atoms with Crippen molar-refractivity contribution in [2.45, 2.75) is 13.8 Å². The number of hydrogen-bond donors (Lipinski definition) is 1. The Morgan fingerprint density at radius 3 is 2.87 bits per heavy atom. The van der Waals surface area contributed by atoms with E-state index in [1.807, 2.05) is 19.1 Å². The van der Waals surface area contributed by atoms with Gasteiger partial charge in [0, 0.05) is 12.5 Å². The van der Waals surface area contributed by atoms with E-state index >= 15 is 0 Å². The van der Waals surface area contributed by atoms with Crippen LogP contribution in [0, 0.1) is 18.8 Å². The van der Waals surface area contributed by atoms with Crippen LogP contribution >= 0.6 is 11.8 Å². The van der Waals surface area contributed by atoms with Gasteiger partial charge in [-0.1, -0.05) is 29.7 Å². The van der Waals surface area contributed by atoms with Gasteiger partial charge in [0.2, 0.25) is 0 Å². The molecule has 0 aliphatic carbocycles. The first kappa shape index (κ1) is 11.7. The van der Waals surface area contributed by atoms with Gasteiger partial charge in [-0.2, -0.15) is 0 Å². The highest BCUT2D eigenvalue weighted by molar-refractivity contribution is 8.13. The molecule has 15 heavy (non-hydrogen) atoms. The molecule has 0 aromatic heterocycles. The average molecular weight is 220 g/mol. The standard InChI is InChI=1S/C12H12O2S/c1-9-5-6-11(8-12(9)14)4-3-7-15-10(2)13/h5-6,8,14H,7H2,1-2H3. The van der Waals surface area contributed by atoms with Crippen LogP contribution in [0.15, 0.2) is 18.2 Å². The van der Waals surface area contributed by atoms with E-state index in [1.165, 1.54) is 18.7 Å². The van der Waals surface area contributed by atoms with Gasteiger partial charge < -0.3 is 5.11 Å². The van der Waals surface area contributed by atoms with Crippen molar-refractivity contribution in [1.29, 1.82) is 0 Å². The van der Waals surface area contributed by atoms with Crippen molar-refractivity contribution >= 4 is 16.9 Å². The molecule has 0 radical (unpaired) electrons. The van der Waals surface area contributed by atoms with Gasteiger partial charge in [0.25, 0.3) is 0 Å². The molecule has 0 bridgehead atoms. The van der Waals surface area contributed by atoms with Crippen LogP contribution in [0.3, 0.4) is 0 Å². The molecular formula is C12H12O2S. The number of phenolic OH excluding ortho intramolecular Hbond substituents is 1. The smallest absolute Gasteiger partial charge is 0.186 e. The third-order valence-electron chi connectivity index (χ3n) is 1.79. The van der Waals surface area contributed by atoms with E-state index in [-0.39, 0.29) is 10.9 Å². The predicted molar refractivity (Wildman–Crippen MR) is 62.9 cm³/mol. The molecule has 0 heterocycles. The summed E-state index contributed by atoms with van der Waals surface area (Å²) < 4.78 is 0. The Balaban J connectivity index is 2.64. The summed E-state index contributed by atoms with van der Waals surface area (Å²) in [6, 6.07) is 5.29. The van der Waals surface area contributed by atoms with Crippen LogP contribution < -0.4 is 0 Å². The molecule has 1 aromatic carbocycles. The molecule has 0 aliphatic rings. The molecule has 0 spiro atoms. The van der Waals surface area contributed by atoms with Crippen LogP contribution in [0.1, 0.15) is 18.1 Å². The van der Waals surface area contributed by atoms with Crippen LogP contribution in [-0.4, -0.2) is 16.0 Å². The summed E-state index contributed by atoms with van der Waals surface area (Å²) in [5.74, 6) is 6.49.